The van der Waals surface area contributed by atoms with Crippen LogP contribution in [-0.4, -0.2) is 30.6 Å². The first-order valence-electron chi connectivity index (χ1n) is 5.99. The van der Waals surface area contributed by atoms with Crippen LogP contribution in [0.15, 0.2) is 24.3 Å². The molecule has 0 aromatic heterocycles. The van der Waals surface area contributed by atoms with Crippen molar-refractivity contribution in [3.63, 3.8) is 0 Å². The van der Waals surface area contributed by atoms with Gasteiger partial charge in [-0.2, -0.15) is 0 Å². The second-order valence-electron chi connectivity index (χ2n) is 4.41. The predicted octanol–water partition coefficient (Wildman–Crippen LogP) is 2.52. The molecule has 0 unspecified atom stereocenters. The van der Waals surface area contributed by atoms with E-state index in [9.17, 15) is 0 Å². The summed E-state index contributed by atoms with van der Waals surface area (Å²) in [5.41, 5.74) is 1.35. The first kappa shape index (κ1) is 11.9. The number of hydrogen-bond acceptors (Lipinski definition) is 2. The quantitative estimate of drug-likeness (QED) is 0.848. The van der Waals surface area contributed by atoms with Gasteiger partial charge in [0.15, 0.2) is 0 Å². The molecule has 0 radical (unpaired) electrons. The van der Waals surface area contributed by atoms with Crippen LogP contribution in [0.4, 0.5) is 0 Å². The van der Waals surface area contributed by atoms with Crippen LogP contribution in [0.3, 0.4) is 0 Å². The molecule has 3 heteroatoms. The number of halogens is 1. The molecule has 1 saturated heterocycles. The van der Waals surface area contributed by atoms with Crippen molar-refractivity contribution in [2.75, 3.05) is 19.6 Å². The normalized spacial score (nSPS) is 16.4. The molecule has 1 aliphatic heterocycles. The molecule has 1 aromatic carbocycles. The molecule has 2 rings (SSSR count). The van der Waals surface area contributed by atoms with Crippen molar-refractivity contribution >= 4 is 11.6 Å². The van der Waals surface area contributed by atoms with E-state index in [1.54, 1.807) is 0 Å². The second kappa shape index (κ2) is 5.67. The summed E-state index contributed by atoms with van der Waals surface area (Å²) < 4.78 is 0. The standard InChI is InChI=1S/C13H19ClN2/c1-2-7-16(13-8-15-9-13)10-11-3-5-12(14)6-4-11/h3-6,13,15H,2,7-10H2,1H3. The number of benzene rings is 1. The number of nitrogens with one attached hydrogen (secondary N) is 1. The summed E-state index contributed by atoms with van der Waals surface area (Å²) in [5.74, 6) is 0. The van der Waals surface area contributed by atoms with Gasteiger partial charge in [-0.25, -0.2) is 0 Å². The second-order valence-corrected chi connectivity index (χ2v) is 4.85. The molecule has 0 atom stereocenters. The lowest BCUT2D eigenvalue weighted by atomic mass is 10.1. The van der Waals surface area contributed by atoms with E-state index in [1.165, 1.54) is 18.5 Å². The van der Waals surface area contributed by atoms with Crippen molar-refractivity contribution in [3.8, 4) is 0 Å². The molecule has 1 aliphatic rings. The number of rotatable bonds is 5. The molecule has 16 heavy (non-hydrogen) atoms. The van der Waals surface area contributed by atoms with Gasteiger partial charge in [-0.05, 0) is 30.7 Å². The van der Waals surface area contributed by atoms with Gasteiger partial charge in [-0.15, -0.1) is 0 Å². The van der Waals surface area contributed by atoms with Crippen LogP contribution in [0, 0.1) is 0 Å². The van der Waals surface area contributed by atoms with Crippen LogP contribution in [0.1, 0.15) is 18.9 Å². The van der Waals surface area contributed by atoms with E-state index in [0.29, 0.717) is 0 Å². The van der Waals surface area contributed by atoms with Crippen LogP contribution in [0.25, 0.3) is 0 Å². The zero-order chi connectivity index (χ0) is 11.4. The number of hydrogen-bond donors (Lipinski definition) is 1. The van der Waals surface area contributed by atoms with Gasteiger partial charge >= 0.3 is 0 Å². The molecule has 0 amide bonds. The van der Waals surface area contributed by atoms with Gasteiger partial charge in [0.2, 0.25) is 0 Å². The van der Waals surface area contributed by atoms with E-state index in [-0.39, 0.29) is 0 Å². The topological polar surface area (TPSA) is 15.3 Å². The lowest BCUT2D eigenvalue weighted by Gasteiger charge is -2.38. The fraction of sp³-hybridized carbons (Fsp3) is 0.538. The summed E-state index contributed by atoms with van der Waals surface area (Å²) in [6, 6.07) is 8.91. The Labute approximate surface area is 103 Å². The highest BCUT2D eigenvalue weighted by Gasteiger charge is 2.23. The van der Waals surface area contributed by atoms with Gasteiger partial charge in [0, 0.05) is 30.7 Å². The van der Waals surface area contributed by atoms with Crippen molar-refractivity contribution in [3.05, 3.63) is 34.9 Å². The maximum atomic E-state index is 5.89. The lowest BCUT2D eigenvalue weighted by molar-refractivity contribution is 0.138. The summed E-state index contributed by atoms with van der Waals surface area (Å²) in [6.07, 6.45) is 1.21. The van der Waals surface area contributed by atoms with Crippen LogP contribution >= 0.6 is 11.6 Å². The van der Waals surface area contributed by atoms with Crippen molar-refractivity contribution in [1.29, 1.82) is 0 Å². The van der Waals surface area contributed by atoms with Crippen LogP contribution in [-0.2, 0) is 6.54 Å². The molecule has 1 fully saturated rings. The molecule has 1 N–H and O–H groups in total. The van der Waals surface area contributed by atoms with Crippen molar-refractivity contribution in [1.82, 2.24) is 10.2 Å². The smallest absolute Gasteiger partial charge is 0.0406 e. The lowest BCUT2D eigenvalue weighted by Crippen LogP contribution is -2.56. The average Bonchev–Trinajstić information content (AvgIpc) is 2.19. The van der Waals surface area contributed by atoms with E-state index in [4.69, 9.17) is 11.6 Å². The van der Waals surface area contributed by atoms with Crippen molar-refractivity contribution in [2.45, 2.75) is 25.9 Å². The SMILES string of the molecule is CCCN(Cc1ccc(Cl)cc1)C1CNC1. The Kier molecular flexibility index (Phi) is 4.22. The Morgan fingerprint density at radius 1 is 1.31 bits per heavy atom. The van der Waals surface area contributed by atoms with E-state index in [1.807, 2.05) is 12.1 Å². The van der Waals surface area contributed by atoms with Gasteiger partial charge in [0.1, 0.15) is 0 Å². The predicted molar refractivity (Wildman–Crippen MR) is 68.8 cm³/mol. The monoisotopic (exact) mass is 238 g/mol. The largest absolute Gasteiger partial charge is 0.314 e. The molecule has 0 spiro atoms. The molecule has 0 bridgehead atoms. The van der Waals surface area contributed by atoms with Crippen LogP contribution in [0.2, 0.25) is 5.02 Å². The van der Waals surface area contributed by atoms with Crippen LogP contribution < -0.4 is 5.32 Å². The third-order valence-electron chi connectivity index (χ3n) is 3.09. The zero-order valence-corrected chi connectivity index (χ0v) is 10.5. The average molecular weight is 239 g/mol. The Bertz CT molecular complexity index is 319. The third-order valence-corrected chi connectivity index (χ3v) is 3.34. The highest BCUT2D eigenvalue weighted by Crippen LogP contribution is 2.14. The fourth-order valence-corrected chi connectivity index (χ4v) is 2.16. The maximum absolute atomic E-state index is 5.89. The summed E-state index contributed by atoms with van der Waals surface area (Å²) >= 11 is 5.89. The first-order valence-corrected chi connectivity index (χ1v) is 6.36. The minimum absolute atomic E-state index is 0.718. The molecular formula is C13H19ClN2. The van der Waals surface area contributed by atoms with Crippen LogP contribution in [0.5, 0.6) is 0 Å². The Morgan fingerprint density at radius 3 is 2.50 bits per heavy atom. The molecule has 2 nitrogen and oxygen atoms in total. The molecule has 1 aromatic rings. The minimum atomic E-state index is 0.718. The number of nitrogens with zero attached hydrogens (tertiary/aromatic N) is 1. The minimum Gasteiger partial charge on any atom is -0.314 e. The highest BCUT2D eigenvalue weighted by atomic mass is 35.5. The molecular weight excluding hydrogens is 220 g/mol. The third kappa shape index (κ3) is 2.97. The Balaban J connectivity index is 1.96. The van der Waals surface area contributed by atoms with E-state index in [2.05, 4.69) is 29.3 Å². The molecule has 1 heterocycles. The Hall–Kier alpha value is -0.570. The molecule has 0 saturated carbocycles. The molecule has 88 valence electrons. The van der Waals surface area contributed by atoms with Gasteiger partial charge < -0.3 is 5.32 Å². The van der Waals surface area contributed by atoms with Crippen molar-refractivity contribution < 1.29 is 0 Å². The highest BCUT2D eigenvalue weighted by molar-refractivity contribution is 6.30. The van der Waals surface area contributed by atoms with Gasteiger partial charge in [0.05, 0.1) is 0 Å². The summed E-state index contributed by atoms with van der Waals surface area (Å²) in [4.78, 5) is 2.56. The fourth-order valence-electron chi connectivity index (χ4n) is 2.03. The Morgan fingerprint density at radius 2 is 2.00 bits per heavy atom. The van der Waals surface area contributed by atoms with E-state index in [0.717, 1.165) is 30.7 Å². The van der Waals surface area contributed by atoms with Crippen molar-refractivity contribution in [2.24, 2.45) is 0 Å². The summed E-state index contributed by atoms with van der Waals surface area (Å²) in [7, 11) is 0. The van der Waals surface area contributed by atoms with Gasteiger partial charge in [-0.3, -0.25) is 4.90 Å². The summed E-state index contributed by atoms with van der Waals surface area (Å²) in [5, 5.41) is 4.15. The van der Waals surface area contributed by atoms with Gasteiger partial charge in [0.25, 0.3) is 0 Å². The first-order chi connectivity index (χ1) is 7.79. The molecule has 0 aliphatic carbocycles. The van der Waals surface area contributed by atoms with E-state index >= 15 is 0 Å². The zero-order valence-electron chi connectivity index (χ0n) is 9.75. The summed E-state index contributed by atoms with van der Waals surface area (Å²) in [6.45, 7) is 6.72. The van der Waals surface area contributed by atoms with E-state index < -0.39 is 0 Å². The van der Waals surface area contributed by atoms with Gasteiger partial charge in [-0.1, -0.05) is 30.7 Å². The maximum Gasteiger partial charge on any atom is 0.0406 e.